The highest BCUT2D eigenvalue weighted by atomic mass is 32.2. The van der Waals surface area contributed by atoms with Gasteiger partial charge in [0.15, 0.2) is 0 Å². The van der Waals surface area contributed by atoms with Crippen molar-refractivity contribution >= 4 is 11.8 Å². The average molecular weight is 247 g/mol. The van der Waals surface area contributed by atoms with E-state index in [2.05, 4.69) is 5.32 Å². The normalized spacial score (nSPS) is 11.7. The third kappa shape index (κ3) is 5.44. The maximum Gasteiger partial charge on any atom is 0.282 e. The highest BCUT2D eigenvalue weighted by molar-refractivity contribution is 7.99. The van der Waals surface area contributed by atoms with Crippen LogP contribution < -0.4 is 5.32 Å². The molecule has 2 nitrogen and oxygen atoms in total. The van der Waals surface area contributed by atoms with Gasteiger partial charge < -0.3 is 10.4 Å². The van der Waals surface area contributed by atoms with Crippen molar-refractivity contribution in [2.24, 2.45) is 0 Å². The molecule has 0 aliphatic carbocycles. The van der Waals surface area contributed by atoms with Gasteiger partial charge in [0.2, 0.25) is 0 Å². The van der Waals surface area contributed by atoms with Crippen LogP contribution in [-0.4, -0.2) is 36.5 Å². The SMILES string of the molecule is OCC(F)(F)CNCCSc1ccccc1. The van der Waals surface area contributed by atoms with Crippen LogP contribution in [0.25, 0.3) is 0 Å². The Kier molecular flexibility index (Phi) is 5.73. The topological polar surface area (TPSA) is 32.3 Å². The lowest BCUT2D eigenvalue weighted by Gasteiger charge is -2.13. The molecule has 5 heteroatoms. The van der Waals surface area contributed by atoms with Crippen molar-refractivity contribution in [3.05, 3.63) is 30.3 Å². The monoisotopic (exact) mass is 247 g/mol. The lowest BCUT2D eigenvalue weighted by atomic mass is 10.3. The summed E-state index contributed by atoms with van der Waals surface area (Å²) in [5, 5.41) is 10.9. The molecular formula is C11H15F2NOS. The molecule has 0 amide bonds. The number of rotatable bonds is 7. The molecule has 0 bridgehead atoms. The highest BCUT2D eigenvalue weighted by Gasteiger charge is 2.26. The molecule has 0 unspecified atom stereocenters. The molecular weight excluding hydrogens is 232 g/mol. The number of aliphatic hydroxyl groups excluding tert-OH is 1. The molecule has 0 fully saturated rings. The first-order valence-electron chi connectivity index (χ1n) is 5.01. The number of halogens is 2. The number of alkyl halides is 2. The Bertz CT molecular complexity index is 295. The third-order valence-corrected chi connectivity index (χ3v) is 2.92. The van der Waals surface area contributed by atoms with Crippen LogP contribution in [0.3, 0.4) is 0 Å². The summed E-state index contributed by atoms with van der Waals surface area (Å²) in [5.74, 6) is -2.29. The van der Waals surface area contributed by atoms with Crippen molar-refractivity contribution < 1.29 is 13.9 Å². The van der Waals surface area contributed by atoms with Crippen LogP contribution in [0.2, 0.25) is 0 Å². The van der Waals surface area contributed by atoms with Crippen molar-refractivity contribution in [3.63, 3.8) is 0 Å². The van der Waals surface area contributed by atoms with Crippen LogP contribution in [0, 0.1) is 0 Å². The van der Waals surface area contributed by atoms with Gasteiger partial charge >= 0.3 is 0 Å². The van der Waals surface area contributed by atoms with Crippen molar-refractivity contribution in [3.8, 4) is 0 Å². The summed E-state index contributed by atoms with van der Waals surface area (Å²) < 4.78 is 25.2. The minimum absolute atomic E-state index is 0.473. The second kappa shape index (κ2) is 6.83. The summed E-state index contributed by atoms with van der Waals surface area (Å²) in [4.78, 5) is 1.12. The minimum Gasteiger partial charge on any atom is -0.390 e. The van der Waals surface area contributed by atoms with Gasteiger partial charge in [0.25, 0.3) is 5.92 Å². The molecule has 1 aromatic rings. The van der Waals surface area contributed by atoms with Crippen LogP contribution in [0.5, 0.6) is 0 Å². The van der Waals surface area contributed by atoms with Gasteiger partial charge in [0.1, 0.15) is 6.61 Å². The van der Waals surface area contributed by atoms with E-state index in [9.17, 15) is 8.78 Å². The summed E-state index contributed by atoms with van der Waals surface area (Å²) >= 11 is 1.61. The first-order chi connectivity index (χ1) is 7.64. The van der Waals surface area contributed by atoms with E-state index >= 15 is 0 Å². The number of benzene rings is 1. The maximum atomic E-state index is 12.6. The molecule has 0 saturated carbocycles. The highest BCUT2D eigenvalue weighted by Crippen LogP contribution is 2.16. The number of nitrogens with one attached hydrogen (secondary N) is 1. The Morgan fingerprint density at radius 1 is 1.25 bits per heavy atom. The predicted molar refractivity (Wildman–Crippen MR) is 62.1 cm³/mol. The summed E-state index contributed by atoms with van der Waals surface area (Å²) in [6, 6.07) is 9.77. The van der Waals surface area contributed by atoms with Crippen LogP contribution in [0.1, 0.15) is 0 Å². The number of aliphatic hydroxyl groups is 1. The molecule has 2 N–H and O–H groups in total. The van der Waals surface area contributed by atoms with Crippen LogP contribution >= 0.6 is 11.8 Å². The third-order valence-electron chi connectivity index (χ3n) is 1.91. The summed E-state index contributed by atoms with van der Waals surface area (Å²) in [7, 11) is 0. The van der Waals surface area contributed by atoms with Gasteiger partial charge in [0, 0.05) is 17.2 Å². The van der Waals surface area contributed by atoms with E-state index in [-0.39, 0.29) is 0 Å². The Labute approximate surface area is 98.1 Å². The Balaban J connectivity index is 2.09. The van der Waals surface area contributed by atoms with Gasteiger partial charge in [0.05, 0.1) is 6.54 Å². The minimum atomic E-state index is -3.02. The fourth-order valence-electron chi connectivity index (χ4n) is 1.08. The van der Waals surface area contributed by atoms with Crippen LogP contribution in [0.15, 0.2) is 35.2 Å². The quantitative estimate of drug-likeness (QED) is 0.571. The molecule has 0 atom stereocenters. The van der Waals surface area contributed by atoms with Crippen LogP contribution in [-0.2, 0) is 0 Å². The maximum absolute atomic E-state index is 12.6. The van der Waals surface area contributed by atoms with E-state index in [0.29, 0.717) is 6.54 Å². The summed E-state index contributed by atoms with van der Waals surface area (Å²) in [6.45, 7) is -1.08. The fraction of sp³-hybridized carbons (Fsp3) is 0.455. The van der Waals surface area contributed by atoms with Gasteiger partial charge in [-0.2, -0.15) is 0 Å². The predicted octanol–water partition coefficient (Wildman–Crippen LogP) is 2.00. The zero-order valence-electron chi connectivity index (χ0n) is 8.83. The van der Waals surface area contributed by atoms with Gasteiger partial charge in [-0.15, -0.1) is 11.8 Å². The summed E-state index contributed by atoms with van der Waals surface area (Å²) in [6.07, 6.45) is 0. The molecule has 0 heterocycles. The second-order valence-corrected chi connectivity index (χ2v) is 4.52. The van der Waals surface area contributed by atoms with E-state index in [1.54, 1.807) is 11.8 Å². The zero-order chi connectivity index (χ0) is 11.9. The molecule has 0 saturated heterocycles. The molecule has 0 aliphatic rings. The second-order valence-electron chi connectivity index (χ2n) is 3.35. The largest absolute Gasteiger partial charge is 0.390 e. The van der Waals surface area contributed by atoms with Crippen molar-refractivity contribution in [2.75, 3.05) is 25.4 Å². The molecule has 16 heavy (non-hydrogen) atoms. The first kappa shape index (κ1) is 13.4. The number of hydrogen-bond donors (Lipinski definition) is 2. The Morgan fingerprint density at radius 2 is 1.94 bits per heavy atom. The average Bonchev–Trinajstić information content (AvgIpc) is 2.30. The molecule has 0 aromatic heterocycles. The summed E-state index contributed by atoms with van der Waals surface area (Å²) in [5.41, 5.74) is 0. The lowest BCUT2D eigenvalue weighted by Crippen LogP contribution is -2.36. The van der Waals surface area contributed by atoms with Crippen LogP contribution in [0.4, 0.5) is 8.78 Å². The fourth-order valence-corrected chi connectivity index (χ4v) is 1.92. The van der Waals surface area contributed by atoms with Crippen molar-refractivity contribution in [1.29, 1.82) is 0 Å². The molecule has 0 radical (unpaired) electrons. The lowest BCUT2D eigenvalue weighted by molar-refractivity contribution is -0.0471. The van der Waals surface area contributed by atoms with Crippen molar-refractivity contribution in [2.45, 2.75) is 10.8 Å². The molecule has 90 valence electrons. The Morgan fingerprint density at radius 3 is 2.56 bits per heavy atom. The molecule has 0 aliphatic heterocycles. The van der Waals surface area contributed by atoms with E-state index in [0.717, 1.165) is 10.6 Å². The standard InChI is InChI=1S/C11H15F2NOS/c12-11(13,9-15)8-14-6-7-16-10-4-2-1-3-5-10/h1-5,14-15H,6-9H2. The van der Waals surface area contributed by atoms with Gasteiger partial charge in [-0.05, 0) is 12.1 Å². The number of hydrogen-bond acceptors (Lipinski definition) is 3. The smallest absolute Gasteiger partial charge is 0.282 e. The van der Waals surface area contributed by atoms with E-state index in [1.165, 1.54) is 0 Å². The van der Waals surface area contributed by atoms with E-state index in [1.807, 2.05) is 30.3 Å². The number of thioether (sulfide) groups is 1. The molecule has 1 aromatic carbocycles. The van der Waals surface area contributed by atoms with Gasteiger partial charge in [-0.25, -0.2) is 8.78 Å². The van der Waals surface area contributed by atoms with Gasteiger partial charge in [-0.3, -0.25) is 0 Å². The van der Waals surface area contributed by atoms with Gasteiger partial charge in [-0.1, -0.05) is 18.2 Å². The first-order valence-corrected chi connectivity index (χ1v) is 6.00. The van der Waals surface area contributed by atoms with E-state index in [4.69, 9.17) is 5.11 Å². The zero-order valence-corrected chi connectivity index (χ0v) is 9.64. The Hall–Kier alpha value is -0.650. The van der Waals surface area contributed by atoms with Crippen molar-refractivity contribution in [1.82, 2.24) is 5.32 Å². The molecule has 1 rings (SSSR count). The molecule has 0 spiro atoms. The van der Waals surface area contributed by atoms with E-state index < -0.39 is 19.1 Å².